The van der Waals surface area contributed by atoms with Crippen LogP contribution < -0.4 is 0 Å². The van der Waals surface area contributed by atoms with Gasteiger partial charge in [-0.25, -0.2) is 0 Å². The number of methoxy groups -OCH3 is 1. The maximum Gasteiger partial charge on any atom is 0.308 e. The highest BCUT2D eigenvalue weighted by Crippen LogP contribution is 2.36. The SMILES string of the molecule is CN(C)Cc1nnc(C2CCC(C(=O)O)CC2)o1.COC(=O)C1CCC(c2nnc(CN(C)C)o2)CC1. The lowest BCUT2D eigenvalue weighted by molar-refractivity contribution is -0.146. The average molecular weight is 521 g/mol. The number of carbonyl (C=O) groups is 2. The fraction of sp³-hybridized carbons (Fsp3) is 0.760. The van der Waals surface area contributed by atoms with Gasteiger partial charge in [0.15, 0.2) is 0 Å². The summed E-state index contributed by atoms with van der Waals surface area (Å²) < 4.78 is 16.1. The normalized spacial score (nSPS) is 24.0. The largest absolute Gasteiger partial charge is 0.481 e. The zero-order valence-electron chi connectivity index (χ0n) is 22.6. The van der Waals surface area contributed by atoms with Gasteiger partial charge in [-0.15, -0.1) is 20.4 Å². The van der Waals surface area contributed by atoms with Crippen molar-refractivity contribution in [1.29, 1.82) is 0 Å². The molecule has 37 heavy (non-hydrogen) atoms. The summed E-state index contributed by atoms with van der Waals surface area (Å²) in [6.07, 6.45) is 6.52. The molecule has 0 bridgehead atoms. The van der Waals surface area contributed by atoms with Crippen LogP contribution >= 0.6 is 0 Å². The molecule has 2 aliphatic rings. The van der Waals surface area contributed by atoms with Crippen LogP contribution in [0.15, 0.2) is 8.83 Å². The number of aromatic nitrogens is 4. The predicted molar refractivity (Wildman–Crippen MR) is 132 cm³/mol. The van der Waals surface area contributed by atoms with Crippen LogP contribution in [0.5, 0.6) is 0 Å². The maximum atomic E-state index is 11.5. The number of carboxylic acid groups (broad SMARTS) is 1. The first-order chi connectivity index (χ1) is 17.7. The lowest BCUT2D eigenvalue weighted by atomic mass is 9.82. The average Bonchev–Trinajstić information content (AvgIpc) is 3.53. The lowest BCUT2D eigenvalue weighted by Crippen LogP contribution is -2.22. The van der Waals surface area contributed by atoms with Crippen molar-refractivity contribution in [1.82, 2.24) is 30.2 Å². The van der Waals surface area contributed by atoms with E-state index >= 15 is 0 Å². The molecule has 0 unspecified atom stereocenters. The third-order valence-electron chi connectivity index (χ3n) is 6.90. The summed E-state index contributed by atoms with van der Waals surface area (Å²) in [5.41, 5.74) is 0. The Labute approximate surface area is 217 Å². The highest BCUT2D eigenvalue weighted by atomic mass is 16.5. The molecule has 2 saturated carbocycles. The van der Waals surface area contributed by atoms with Gasteiger partial charge in [-0.1, -0.05) is 0 Å². The van der Waals surface area contributed by atoms with Crippen molar-refractivity contribution >= 4 is 11.9 Å². The number of hydrogen-bond acceptors (Lipinski definition) is 11. The summed E-state index contributed by atoms with van der Waals surface area (Å²) in [4.78, 5) is 26.3. The Morgan fingerprint density at radius 2 is 1.16 bits per heavy atom. The molecule has 12 heteroatoms. The zero-order chi connectivity index (χ0) is 26.9. The van der Waals surface area contributed by atoms with Crippen LogP contribution in [0.2, 0.25) is 0 Å². The van der Waals surface area contributed by atoms with Crippen molar-refractivity contribution < 1.29 is 28.3 Å². The van der Waals surface area contributed by atoms with E-state index in [4.69, 9.17) is 18.7 Å². The maximum absolute atomic E-state index is 11.5. The molecule has 0 aliphatic heterocycles. The Hall–Kier alpha value is -2.86. The van der Waals surface area contributed by atoms with E-state index in [0.717, 1.165) is 38.5 Å². The molecule has 1 N–H and O–H groups in total. The molecule has 0 aromatic carbocycles. The van der Waals surface area contributed by atoms with E-state index in [1.807, 2.05) is 38.0 Å². The molecular weight excluding hydrogens is 480 g/mol. The first kappa shape index (κ1) is 28.7. The quantitative estimate of drug-likeness (QED) is 0.510. The number of carboxylic acids is 1. The Bertz CT molecular complexity index is 989. The fourth-order valence-electron chi connectivity index (χ4n) is 4.86. The lowest BCUT2D eigenvalue weighted by Gasteiger charge is -2.24. The Morgan fingerprint density at radius 1 is 0.757 bits per heavy atom. The van der Waals surface area contributed by atoms with Gasteiger partial charge in [0.25, 0.3) is 0 Å². The summed E-state index contributed by atoms with van der Waals surface area (Å²) >= 11 is 0. The molecule has 2 fully saturated rings. The Balaban J connectivity index is 0.000000206. The molecule has 2 aromatic rings. The molecule has 2 aliphatic carbocycles. The number of nitrogens with zero attached hydrogens (tertiary/aromatic N) is 6. The van der Waals surface area contributed by atoms with Gasteiger partial charge in [-0.2, -0.15) is 0 Å². The number of carbonyl (C=O) groups excluding carboxylic acids is 1. The van der Waals surface area contributed by atoms with E-state index in [0.29, 0.717) is 49.5 Å². The summed E-state index contributed by atoms with van der Waals surface area (Å²) in [6, 6.07) is 0. The van der Waals surface area contributed by atoms with Crippen LogP contribution in [0, 0.1) is 11.8 Å². The number of hydrogen-bond donors (Lipinski definition) is 1. The van der Waals surface area contributed by atoms with Crippen molar-refractivity contribution in [3.8, 4) is 0 Å². The van der Waals surface area contributed by atoms with Crippen molar-refractivity contribution in [2.45, 2.75) is 76.3 Å². The molecule has 0 spiro atoms. The third-order valence-corrected chi connectivity index (χ3v) is 6.90. The van der Waals surface area contributed by atoms with Crippen LogP contribution in [-0.4, -0.2) is 82.5 Å². The summed E-state index contributed by atoms with van der Waals surface area (Å²) in [6.45, 7) is 1.29. The minimum atomic E-state index is -0.688. The highest BCUT2D eigenvalue weighted by Gasteiger charge is 2.31. The van der Waals surface area contributed by atoms with E-state index in [1.54, 1.807) is 0 Å². The fourth-order valence-corrected chi connectivity index (χ4v) is 4.86. The molecule has 0 atom stereocenters. The van der Waals surface area contributed by atoms with Crippen LogP contribution in [0.1, 0.15) is 86.8 Å². The summed E-state index contributed by atoms with van der Waals surface area (Å²) in [5, 5.41) is 25.2. The summed E-state index contributed by atoms with van der Waals surface area (Å²) in [5.74, 6) is 2.19. The van der Waals surface area contributed by atoms with E-state index in [9.17, 15) is 9.59 Å². The van der Waals surface area contributed by atoms with E-state index in [2.05, 4.69) is 20.4 Å². The van der Waals surface area contributed by atoms with Gasteiger partial charge in [0, 0.05) is 11.8 Å². The number of ether oxygens (including phenoxy) is 1. The molecule has 0 saturated heterocycles. The number of rotatable bonds is 8. The minimum absolute atomic E-state index is 0.0328. The Morgan fingerprint density at radius 3 is 1.51 bits per heavy atom. The predicted octanol–water partition coefficient (Wildman–Crippen LogP) is 3.07. The molecule has 206 valence electrons. The minimum Gasteiger partial charge on any atom is -0.481 e. The van der Waals surface area contributed by atoms with Gasteiger partial charge in [-0.3, -0.25) is 9.59 Å². The number of esters is 1. The molecule has 12 nitrogen and oxygen atoms in total. The second-order valence-corrected chi connectivity index (χ2v) is 10.5. The van der Waals surface area contributed by atoms with Crippen molar-refractivity contribution in [2.75, 3.05) is 35.3 Å². The molecule has 2 heterocycles. The standard InChI is InChI=1S/C13H21N3O3.C12H19N3O3/c1-16(2)8-11-14-15-12(19-11)9-4-6-10(7-5-9)13(17)18-3;1-15(2)7-10-13-14-11(18-10)8-3-5-9(6-4-8)12(16)17/h9-10H,4-8H2,1-3H3;8-9H,3-7H2,1-2H3,(H,16,17). The molecule has 0 amide bonds. The monoisotopic (exact) mass is 520 g/mol. The summed E-state index contributed by atoms with van der Waals surface area (Å²) in [7, 11) is 9.26. The molecule has 0 radical (unpaired) electrons. The first-order valence-electron chi connectivity index (χ1n) is 12.9. The van der Waals surface area contributed by atoms with E-state index in [-0.39, 0.29) is 29.6 Å². The van der Waals surface area contributed by atoms with E-state index in [1.165, 1.54) is 7.11 Å². The second-order valence-electron chi connectivity index (χ2n) is 10.5. The zero-order valence-corrected chi connectivity index (χ0v) is 22.6. The topological polar surface area (TPSA) is 148 Å². The Kier molecular flexibility index (Phi) is 10.6. The van der Waals surface area contributed by atoms with Crippen molar-refractivity contribution in [2.24, 2.45) is 11.8 Å². The van der Waals surface area contributed by atoms with Crippen LogP contribution in [0.4, 0.5) is 0 Å². The number of aliphatic carboxylic acids is 1. The van der Waals surface area contributed by atoms with Gasteiger partial charge in [0.1, 0.15) is 0 Å². The van der Waals surface area contributed by atoms with Gasteiger partial charge in [0.2, 0.25) is 23.6 Å². The third kappa shape index (κ3) is 8.60. The molecule has 2 aromatic heterocycles. The van der Waals surface area contributed by atoms with Crippen LogP contribution in [-0.2, 0) is 27.4 Å². The van der Waals surface area contributed by atoms with Crippen LogP contribution in [0.25, 0.3) is 0 Å². The highest BCUT2D eigenvalue weighted by molar-refractivity contribution is 5.72. The van der Waals surface area contributed by atoms with Crippen molar-refractivity contribution in [3.05, 3.63) is 23.6 Å². The van der Waals surface area contributed by atoms with Gasteiger partial charge < -0.3 is 28.5 Å². The van der Waals surface area contributed by atoms with Crippen molar-refractivity contribution in [3.63, 3.8) is 0 Å². The van der Waals surface area contributed by atoms with Gasteiger partial charge in [0.05, 0.1) is 32.0 Å². The first-order valence-corrected chi connectivity index (χ1v) is 12.9. The van der Waals surface area contributed by atoms with E-state index < -0.39 is 5.97 Å². The molecule has 4 rings (SSSR count). The second kappa shape index (κ2) is 13.6. The molecular formula is C25H40N6O6. The van der Waals surface area contributed by atoms with Gasteiger partial charge in [-0.05, 0) is 79.6 Å². The van der Waals surface area contributed by atoms with Gasteiger partial charge >= 0.3 is 11.9 Å². The smallest absolute Gasteiger partial charge is 0.308 e. The van der Waals surface area contributed by atoms with Crippen LogP contribution in [0.3, 0.4) is 0 Å².